The summed E-state index contributed by atoms with van der Waals surface area (Å²) in [6, 6.07) is 0. The highest BCUT2D eigenvalue weighted by atomic mass is 16.3. The molecule has 0 saturated carbocycles. The van der Waals surface area contributed by atoms with Gasteiger partial charge in [-0.2, -0.15) is 0 Å². The van der Waals surface area contributed by atoms with Gasteiger partial charge in [-0.1, -0.05) is 19.4 Å². The van der Waals surface area contributed by atoms with Crippen molar-refractivity contribution < 1.29 is 5.11 Å². The molecule has 0 fully saturated rings. The van der Waals surface area contributed by atoms with Crippen molar-refractivity contribution in [3.05, 3.63) is 12.7 Å². The van der Waals surface area contributed by atoms with E-state index in [1.165, 1.54) is 0 Å². The third-order valence-electron chi connectivity index (χ3n) is 1.58. The Morgan fingerprint density at radius 2 is 2.27 bits per heavy atom. The van der Waals surface area contributed by atoms with E-state index < -0.39 is 5.60 Å². The van der Waals surface area contributed by atoms with Crippen LogP contribution in [0.2, 0.25) is 0 Å². The highest BCUT2D eigenvalue weighted by molar-refractivity contribution is 4.78. The molecule has 2 N–H and O–H groups in total. The number of aliphatic hydroxyl groups is 1. The van der Waals surface area contributed by atoms with E-state index in [-0.39, 0.29) is 0 Å². The zero-order valence-electron chi connectivity index (χ0n) is 7.56. The molecule has 1 atom stereocenters. The van der Waals surface area contributed by atoms with Crippen molar-refractivity contribution in [1.82, 2.24) is 5.32 Å². The lowest BCUT2D eigenvalue weighted by atomic mass is 10.0. The second kappa shape index (κ2) is 5.33. The van der Waals surface area contributed by atoms with Crippen molar-refractivity contribution in [2.75, 3.05) is 13.1 Å². The molecule has 0 spiro atoms. The monoisotopic (exact) mass is 157 g/mol. The summed E-state index contributed by atoms with van der Waals surface area (Å²) in [6.07, 6.45) is 3.65. The molecule has 0 saturated heterocycles. The predicted octanol–water partition coefficient (Wildman–Crippen LogP) is 1.31. The first-order chi connectivity index (χ1) is 5.12. The summed E-state index contributed by atoms with van der Waals surface area (Å²) >= 11 is 0. The first-order valence-electron chi connectivity index (χ1n) is 4.16. The van der Waals surface area contributed by atoms with E-state index in [1.807, 2.05) is 6.92 Å². The van der Waals surface area contributed by atoms with E-state index >= 15 is 0 Å². The maximum Gasteiger partial charge on any atom is 0.0743 e. The average Bonchev–Trinajstić information content (AvgIpc) is 1.87. The van der Waals surface area contributed by atoms with Crippen molar-refractivity contribution in [1.29, 1.82) is 0 Å². The molecule has 0 aromatic rings. The van der Waals surface area contributed by atoms with Gasteiger partial charge in [-0.3, -0.25) is 0 Å². The van der Waals surface area contributed by atoms with Gasteiger partial charge >= 0.3 is 0 Å². The number of hydrogen-bond donors (Lipinski definition) is 2. The van der Waals surface area contributed by atoms with Crippen LogP contribution in [0.3, 0.4) is 0 Å². The fourth-order valence-electron chi connectivity index (χ4n) is 1.07. The predicted molar refractivity (Wildman–Crippen MR) is 48.6 cm³/mol. The standard InChI is InChI=1S/C9H19NO/c1-4-6-9(3,11)8-10-7-5-2/h5,10-11H,2,4,6-8H2,1,3H3. The molecule has 66 valence electrons. The van der Waals surface area contributed by atoms with Gasteiger partial charge in [0.1, 0.15) is 0 Å². The van der Waals surface area contributed by atoms with Gasteiger partial charge in [0.25, 0.3) is 0 Å². The summed E-state index contributed by atoms with van der Waals surface area (Å²) in [4.78, 5) is 0. The summed E-state index contributed by atoms with van der Waals surface area (Å²) in [6.45, 7) is 8.92. The van der Waals surface area contributed by atoms with Gasteiger partial charge in [0.2, 0.25) is 0 Å². The molecule has 0 rings (SSSR count). The van der Waals surface area contributed by atoms with Gasteiger partial charge in [0.15, 0.2) is 0 Å². The molecule has 0 aliphatic carbocycles. The summed E-state index contributed by atoms with van der Waals surface area (Å²) < 4.78 is 0. The molecule has 1 unspecified atom stereocenters. The lowest BCUT2D eigenvalue weighted by molar-refractivity contribution is 0.0511. The summed E-state index contributed by atoms with van der Waals surface area (Å²) in [5.74, 6) is 0. The van der Waals surface area contributed by atoms with Crippen LogP contribution in [-0.4, -0.2) is 23.8 Å². The lowest BCUT2D eigenvalue weighted by Gasteiger charge is -2.22. The zero-order valence-corrected chi connectivity index (χ0v) is 7.56. The van der Waals surface area contributed by atoms with E-state index in [2.05, 4.69) is 18.8 Å². The largest absolute Gasteiger partial charge is 0.389 e. The number of hydrogen-bond acceptors (Lipinski definition) is 2. The fourth-order valence-corrected chi connectivity index (χ4v) is 1.07. The molecular weight excluding hydrogens is 138 g/mol. The Kier molecular flexibility index (Phi) is 5.16. The normalized spacial score (nSPS) is 15.9. The minimum absolute atomic E-state index is 0.558. The Bertz CT molecular complexity index is 110. The Morgan fingerprint density at radius 3 is 2.73 bits per heavy atom. The van der Waals surface area contributed by atoms with Crippen LogP contribution < -0.4 is 5.32 Å². The molecular formula is C9H19NO. The van der Waals surface area contributed by atoms with Gasteiger partial charge in [-0.15, -0.1) is 6.58 Å². The zero-order chi connectivity index (χ0) is 8.74. The second-order valence-corrected chi connectivity index (χ2v) is 3.17. The van der Waals surface area contributed by atoms with Crippen LogP contribution >= 0.6 is 0 Å². The Hall–Kier alpha value is -0.340. The quantitative estimate of drug-likeness (QED) is 0.450. The molecule has 0 heterocycles. The second-order valence-electron chi connectivity index (χ2n) is 3.17. The van der Waals surface area contributed by atoms with E-state index in [0.717, 1.165) is 19.4 Å². The van der Waals surface area contributed by atoms with Crippen LogP contribution in [0.25, 0.3) is 0 Å². The van der Waals surface area contributed by atoms with E-state index in [1.54, 1.807) is 6.08 Å². The SMILES string of the molecule is C=CCNCC(C)(O)CCC. The molecule has 0 aliphatic heterocycles. The van der Waals surface area contributed by atoms with Gasteiger partial charge in [0, 0.05) is 13.1 Å². The van der Waals surface area contributed by atoms with Crippen LogP contribution in [-0.2, 0) is 0 Å². The average molecular weight is 157 g/mol. The first kappa shape index (κ1) is 10.7. The third kappa shape index (κ3) is 6.07. The highest BCUT2D eigenvalue weighted by Crippen LogP contribution is 2.09. The summed E-state index contributed by atoms with van der Waals surface area (Å²) in [5, 5.41) is 12.7. The minimum Gasteiger partial charge on any atom is -0.389 e. The van der Waals surface area contributed by atoms with Gasteiger partial charge in [0.05, 0.1) is 5.60 Å². The molecule has 2 nitrogen and oxygen atoms in total. The third-order valence-corrected chi connectivity index (χ3v) is 1.58. The molecule has 11 heavy (non-hydrogen) atoms. The van der Waals surface area contributed by atoms with Crippen molar-refractivity contribution >= 4 is 0 Å². The molecule has 0 aromatic heterocycles. The highest BCUT2D eigenvalue weighted by Gasteiger charge is 2.17. The van der Waals surface area contributed by atoms with Crippen LogP contribution in [0.4, 0.5) is 0 Å². The number of rotatable bonds is 6. The molecule has 0 radical (unpaired) electrons. The van der Waals surface area contributed by atoms with E-state index in [9.17, 15) is 5.11 Å². The van der Waals surface area contributed by atoms with E-state index in [0.29, 0.717) is 6.54 Å². The van der Waals surface area contributed by atoms with E-state index in [4.69, 9.17) is 0 Å². The maximum absolute atomic E-state index is 9.64. The number of nitrogens with one attached hydrogen (secondary N) is 1. The molecule has 0 amide bonds. The summed E-state index contributed by atoms with van der Waals surface area (Å²) in [5.41, 5.74) is -0.558. The van der Waals surface area contributed by atoms with Crippen molar-refractivity contribution in [3.63, 3.8) is 0 Å². The van der Waals surface area contributed by atoms with Crippen LogP contribution in [0.5, 0.6) is 0 Å². The maximum atomic E-state index is 9.64. The van der Waals surface area contributed by atoms with Gasteiger partial charge < -0.3 is 10.4 Å². The topological polar surface area (TPSA) is 32.3 Å². The van der Waals surface area contributed by atoms with Crippen molar-refractivity contribution in [3.8, 4) is 0 Å². The van der Waals surface area contributed by atoms with Gasteiger partial charge in [-0.25, -0.2) is 0 Å². The van der Waals surface area contributed by atoms with Crippen LogP contribution in [0, 0.1) is 0 Å². The lowest BCUT2D eigenvalue weighted by Crippen LogP contribution is -2.37. The minimum atomic E-state index is -0.558. The smallest absolute Gasteiger partial charge is 0.0743 e. The Labute approximate surface area is 69.3 Å². The fraction of sp³-hybridized carbons (Fsp3) is 0.778. The molecule has 2 heteroatoms. The van der Waals surface area contributed by atoms with Crippen LogP contribution in [0.15, 0.2) is 12.7 Å². The Morgan fingerprint density at radius 1 is 1.64 bits per heavy atom. The van der Waals surface area contributed by atoms with Crippen molar-refractivity contribution in [2.24, 2.45) is 0 Å². The Balaban J connectivity index is 3.45. The first-order valence-corrected chi connectivity index (χ1v) is 4.16. The summed E-state index contributed by atoms with van der Waals surface area (Å²) in [7, 11) is 0. The van der Waals surface area contributed by atoms with Crippen molar-refractivity contribution in [2.45, 2.75) is 32.3 Å². The molecule has 0 aromatic carbocycles. The van der Waals surface area contributed by atoms with Crippen LogP contribution in [0.1, 0.15) is 26.7 Å². The molecule has 0 bridgehead atoms. The molecule has 0 aliphatic rings. The van der Waals surface area contributed by atoms with Gasteiger partial charge in [-0.05, 0) is 13.3 Å².